The average Bonchev–Trinajstić information content (AvgIpc) is 3.51. The number of thiophene rings is 1. The normalized spacial score (nSPS) is 10.3. The van der Waals surface area contributed by atoms with Crippen LogP contribution in [0.1, 0.15) is 71.9 Å². The SMILES string of the molecule is C=CC(=O)OCCCCCSc1ccc(C#Cc2ccc(C#Cc3ccc(-c4ccc(CCCCC)cc4)cc3)s2)cc1. The van der Waals surface area contributed by atoms with Crippen molar-refractivity contribution in [1.29, 1.82) is 0 Å². The Hall–Kier alpha value is -3.96. The van der Waals surface area contributed by atoms with E-state index in [2.05, 4.69) is 110 Å². The summed E-state index contributed by atoms with van der Waals surface area (Å²) < 4.78 is 5.00. The predicted octanol–water partition coefficient (Wildman–Crippen LogP) is 9.94. The highest BCUT2D eigenvalue weighted by Crippen LogP contribution is 2.22. The fourth-order valence-corrected chi connectivity index (χ4v) is 5.99. The van der Waals surface area contributed by atoms with Crippen molar-refractivity contribution in [2.24, 2.45) is 0 Å². The van der Waals surface area contributed by atoms with Crippen LogP contribution in [0.4, 0.5) is 0 Å². The molecule has 0 bridgehead atoms. The fraction of sp³-hybridized carbons (Fsp3) is 0.256. The summed E-state index contributed by atoms with van der Waals surface area (Å²) in [4.78, 5) is 14.3. The number of hydrogen-bond acceptors (Lipinski definition) is 4. The third kappa shape index (κ3) is 11.3. The van der Waals surface area contributed by atoms with E-state index in [0.29, 0.717) is 6.61 Å². The molecular formula is C39H38O2S2. The molecule has 0 fully saturated rings. The lowest BCUT2D eigenvalue weighted by atomic mass is 10.0. The van der Waals surface area contributed by atoms with E-state index in [0.717, 1.165) is 52.3 Å². The van der Waals surface area contributed by atoms with Crippen molar-refractivity contribution in [2.75, 3.05) is 12.4 Å². The minimum absolute atomic E-state index is 0.349. The van der Waals surface area contributed by atoms with Crippen molar-refractivity contribution in [2.45, 2.75) is 56.8 Å². The molecule has 0 aliphatic rings. The summed E-state index contributed by atoms with van der Waals surface area (Å²) in [6, 6.07) is 29.9. The molecule has 0 unspecified atom stereocenters. The highest BCUT2D eigenvalue weighted by atomic mass is 32.2. The molecule has 2 nitrogen and oxygen atoms in total. The number of benzene rings is 3. The van der Waals surface area contributed by atoms with Gasteiger partial charge in [0.15, 0.2) is 0 Å². The number of rotatable bonds is 13. The largest absolute Gasteiger partial charge is 0.463 e. The van der Waals surface area contributed by atoms with E-state index in [1.807, 2.05) is 23.9 Å². The van der Waals surface area contributed by atoms with Gasteiger partial charge in [-0.05, 0) is 103 Å². The van der Waals surface area contributed by atoms with Crippen molar-refractivity contribution in [3.05, 3.63) is 124 Å². The lowest BCUT2D eigenvalue weighted by molar-refractivity contribution is -0.137. The summed E-state index contributed by atoms with van der Waals surface area (Å²) >= 11 is 3.46. The zero-order valence-electron chi connectivity index (χ0n) is 24.9. The van der Waals surface area contributed by atoms with Crippen LogP contribution in [0, 0.1) is 23.7 Å². The van der Waals surface area contributed by atoms with Crippen molar-refractivity contribution in [3.63, 3.8) is 0 Å². The maximum atomic E-state index is 11.0. The van der Waals surface area contributed by atoms with E-state index in [4.69, 9.17) is 4.74 Å². The topological polar surface area (TPSA) is 26.3 Å². The van der Waals surface area contributed by atoms with Crippen LogP contribution in [0.15, 0.2) is 102 Å². The third-order valence-electron chi connectivity index (χ3n) is 6.83. The molecule has 1 aromatic heterocycles. The number of carbonyl (C=O) groups is 1. The molecule has 0 N–H and O–H groups in total. The highest BCUT2D eigenvalue weighted by molar-refractivity contribution is 7.99. The predicted molar refractivity (Wildman–Crippen MR) is 184 cm³/mol. The number of ether oxygens (including phenoxy) is 1. The van der Waals surface area contributed by atoms with Gasteiger partial charge in [0.1, 0.15) is 0 Å². The van der Waals surface area contributed by atoms with Crippen LogP contribution in [-0.2, 0) is 16.0 Å². The molecule has 0 saturated heterocycles. The molecule has 43 heavy (non-hydrogen) atoms. The molecule has 4 aromatic rings. The van der Waals surface area contributed by atoms with E-state index < -0.39 is 0 Å². The summed E-state index contributed by atoms with van der Waals surface area (Å²) in [5, 5.41) is 0. The molecule has 0 radical (unpaired) electrons. The van der Waals surface area contributed by atoms with Gasteiger partial charge in [0.2, 0.25) is 0 Å². The number of carbonyl (C=O) groups excluding carboxylic acids is 1. The number of aryl methyl sites for hydroxylation is 1. The first-order valence-corrected chi connectivity index (χ1v) is 16.8. The zero-order chi connectivity index (χ0) is 30.1. The summed E-state index contributed by atoms with van der Waals surface area (Å²) in [6.07, 6.45) is 9.18. The first-order chi connectivity index (χ1) is 21.1. The summed E-state index contributed by atoms with van der Waals surface area (Å²) in [7, 11) is 0. The van der Waals surface area contributed by atoms with E-state index >= 15 is 0 Å². The first-order valence-electron chi connectivity index (χ1n) is 15.0. The van der Waals surface area contributed by atoms with Crippen LogP contribution < -0.4 is 0 Å². The maximum absolute atomic E-state index is 11.0. The zero-order valence-corrected chi connectivity index (χ0v) is 26.5. The first kappa shape index (κ1) is 32.0. The Balaban J connectivity index is 1.22. The van der Waals surface area contributed by atoms with Gasteiger partial charge < -0.3 is 4.74 Å². The van der Waals surface area contributed by atoms with Crippen LogP contribution in [0.2, 0.25) is 0 Å². The van der Waals surface area contributed by atoms with E-state index in [1.54, 1.807) is 11.3 Å². The lowest BCUT2D eigenvalue weighted by Crippen LogP contribution is -2.01. The monoisotopic (exact) mass is 602 g/mol. The van der Waals surface area contributed by atoms with Gasteiger partial charge in [-0.1, -0.05) is 86.4 Å². The molecule has 0 aliphatic heterocycles. The Morgan fingerprint density at radius 1 is 0.744 bits per heavy atom. The molecule has 4 rings (SSSR count). The smallest absolute Gasteiger partial charge is 0.330 e. The Kier molecular flexibility index (Phi) is 13.3. The summed E-state index contributed by atoms with van der Waals surface area (Å²) in [5.41, 5.74) is 5.88. The van der Waals surface area contributed by atoms with Crippen LogP contribution in [0.3, 0.4) is 0 Å². The fourth-order valence-electron chi connectivity index (χ4n) is 4.37. The van der Waals surface area contributed by atoms with E-state index in [9.17, 15) is 4.79 Å². The molecule has 0 spiro atoms. The molecule has 0 saturated carbocycles. The minimum Gasteiger partial charge on any atom is -0.463 e. The molecule has 0 atom stereocenters. The molecule has 3 aromatic carbocycles. The van der Waals surface area contributed by atoms with Crippen LogP contribution in [0.5, 0.6) is 0 Å². The van der Waals surface area contributed by atoms with Gasteiger partial charge in [-0.15, -0.1) is 23.1 Å². The second kappa shape index (κ2) is 17.9. The van der Waals surface area contributed by atoms with Crippen molar-refractivity contribution < 1.29 is 9.53 Å². The molecular weight excluding hydrogens is 565 g/mol. The average molecular weight is 603 g/mol. The van der Waals surface area contributed by atoms with E-state index in [-0.39, 0.29) is 5.97 Å². The number of thioether (sulfide) groups is 1. The Labute approximate surface area is 265 Å². The molecule has 0 aliphatic carbocycles. The number of unbranched alkanes of at least 4 members (excludes halogenated alkanes) is 4. The Morgan fingerprint density at radius 2 is 1.35 bits per heavy atom. The quantitative estimate of drug-likeness (QED) is 0.0501. The van der Waals surface area contributed by atoms with Gasteiger partial charge in [-0.25, -0.2) is 4.79 Å². The van der Waals surface area contributed by atoms with E-state index in [1.165, 1.54) is 46.9 Å². The third-order valence-corrected chi connectivity index (χ3v) is 8.84. The summed E-state index contributed by atoms with van der Waals surface area (Å²) in [6.45, 7) is 6.11. The molecule has 0 amide bonds. The van der Waals surface area contributed by atoms with Gasteiger partial charge in [-0.3, -0.25) is 0 Å². The van der Waals surface area contributed by atoms with Crippen LogP contribution >= 0.6 is 23.1 Å². The van der Waals surface area contributed by atoms with Crippen molar-refractivity contribution in [3.8, 4) is 34.8 Å². The van der Waals surface area contributed by atoms with Gasteiger partial charge in [0.25, 0.3) is 0 Å². The van der Waals surface area contributed by atoms with Gasteiger partial charge in [-0.2, -0.15) is 0 Å². The minimum atomic E-state index is -0.349. The molecule has 4 heteroatoms. The Bertz CT molecular complexity index is 1570. The van der Waals surface area contributed by atoms with Crippen LogP contribution in [0.25, 0.3) is 11.1 Å². The van der Waals surface area contributed by atoms with Crippen molar-refractivity contribution in [1.82, 2.24) is 0 Å². The summed E-state index contributed by atoms with van der Waals surface area (Å²) in [5.74, 6) is 13.8. The van der Waals surface area contributed by atoms with Crippen LogP contribution in [-0.4, -0.2) is 18.3 Å². The number of esters is 1. The number of hydrogen-bond donors (Lipinski definition) is 0. The Morgan fingerprint density at radius 3 is 1.95 bits per heavy atom. The highest BCUT2D eigenvalue weighted by Gasteiger charge is 2.01. The van der Waals surface area contributed by atoms with Gasteiger partial charge in [0, 0.05) is 22.1 Å². The van der Waals surface area contributed by atoms with Gasteiger partial charge >= 0.3 is 5.97 Å². The van der Waals surface area contributed by atoms with Gasteiger partial charge in [0.05, 0.1) is 16.4 Å². The molecule has 1 heterocycles. The standard InChI is InChI=1S/C39H38O2S2/c1-3-5-7-10-31-11-19-34(20-12-31)35-21-13-32(14-22-35)17-25-37-27-28-38(43-37)26-18-33-15-23-36(24-16-33)42-30-9-6-8-29-41-39(40)4-2/h4,11-16,19-24,27-28H,2-3,5-10,29-30H2,1H3. The van der Waals surface area contributed by atoms with Crippen molar-refractivity contribution >= 4 is 29.1 Å². The second-order valence-electron chi connectivity index (χ2n) is 10.2. The second-order valence-corrected chi connectivity index (χ2v) is 12.5. The molecule has 218 valence electrons. The lowest BCUT2D eigenvalue weighted by Gasteiger charge is -2.05. The maximum Gasteiger partial charge on any atom is 0.330 e.